The molecule has 0 unspecified atom stereocenters. The Morgan fingerprint density at radius 2 is 1.75 bits per heavy atom. The second-order valence-corrected chi connectivity index (χ2v) is 7.70. The van der Waals surface area contributed by atoms with Gasteiger partial charge in [0.2, 0.25) is 5.91 Å². The normalized spacial score (nSPS) is 10.9. The minimum Gasteiger partial charge on any atom is -0.325 e. The molecule has 0 saturated heterocycles. The number of aryl methyl sites for hydroxylation is 2. The molecule has 0 aliphatic rings. The van der Waals surface area contributed by atoms with Crippen molar-refractivity contribution < 1.29 is 4.79 Å². The molecule has 0 spiro atoms. The highest BCUT2D eigenvalue weighted by molar-refractivity contribution is 7.99. The third-order valence-corrected chi connectivity index (χ3v) is 5.39. The molecule has 140 valence electrons. The van der Waals surface area contributed by atoms with E-state index in [0.717, 1.165) is 33.1 Å². The highest BCUT2D eigenvalue weighted by Crippen LogP contribution is 2.28. The first-order valence-electron chi connectivity index (χ1n) is 9.14. The summed E-state index contributed by atoms with van der Waals surface area (Å²) in [7, 11) is 0. The van der Waals surface area contributed by atoms with Gasteiger partial charge in [0.05, 0.1) is 16.8 Å². The van der Waals surface area contributed by atoms with E-state index in [1.54, 1.807) is 0 Å². The Morgan fingerprint density at radius 3 is 2.54 bits per heavy atom. The van der Waals surface area contributed by atoms with E-state index in [-0.39, 0.29) is 5.91 Å². The second-order valence-electron chi connectivity index (χ2n) is 6.76. The lowest BCUT2D eigenvalue weighted by Gasteiger charge is -2.10. The summed E-state index contributed by atoms with van der Waals surface area (Å²) < 4.78 is 2.11. The SMILES string of the molecule is Cc1ccc(-n2c(SCC(=O)Nc3cccc(C)c3)nc3ccccc32)cc1. The van der Waals surface area contributed by atoms with Crippen molar-refractivity contribution in [2.45, 2.75) is 19.0 Å². The molecule has 4 rings (SSSR count). The fourth-order valence-corrected chi connectivity index (χ4v) is 3.92. The van der Waals surface area contributed by atoms with Crippen LogP contribution < -0.4 is 5.32 Å². The molecule has 0 radical (unpaired) electrons. The van der Waals surface area contributed by atoms with Crippen LogP contribution >= 0.6 is 11.8 Å². The fraction of sp³-hybridized carbons (Fsp3) is 0.130. The first-order chi connectivity index (χ1) is 13.6. The molecule has 5 heteroatoms. The number of fused-ring (bicyclic) bond motifs is 1. The van der Waals surface area contributed by atoms with Crippen LogP contribution in [0.4, 0.5) is 5.69 Å². The summed E-state index contributed by atoms with van der Waals surface area (Å²) in [5, 5.41) is 3.77. The van der Waals surface area contributed by atoms with Gasteiger partial charge in [0, 0.05) is 11.4 Å². The van der Waals surface area contributed by atoms with Crippen LogP contribution in [0.25, 0.3) is 16.7 Å². The van der Waals surface area contributed by atoms with Crippen LogP contribution in [0, 0.1) is 13.8 Å². The van der Waals surface area contributed by atoms with Crippen molar-refractivity contribution in [1.29, 1.82) is 0 Å². The van der Waals surface area contributed by atoms with E-state index < -0.39 is 0 Å². The molecule has 0 saturated carbocycles. The summed E-state index contributed by atoms with van der Waals surface area (Å²) in [6.07, 6.45) is 0. The number of hydrogen-bond donors (Lipinski definition) is 1. The Balaban J connectivity index is 1.59. The number of nitrogens with one attached hydrogen (secondary N) is 1. The molecule has 28 heavy (non-hydrogen) atoms. The van der Waals surface area contributed by atoms with Crippen molar-refractivity contribution in [3.05, 3.63) is 83.9 Å². The van der Waals surface area contributed by atoms with E-state index in [0.29, 0.717) is 5.75 Å². The van der Waals surface area contributed by atoms with Gasteiger partial charge in [-0.25, -0.2) is 4.98 Å². The van der Waals surface area contributed by atoms with Crippen LogP contribution in [0.5, 0.6) is 0 Å². The van der Waals surface area contributed by atoms with Crippen LogP contribution in [-0.4, -0.2) is 21.2 Å². The highest BCUT2D eigenvalue weighted by atomic mass is 32.2. The third-order valence-electron chi connectivity index (χ3n) is 4.46. The Hall–Kier alpha value is -3.05. The van der Waals surface area contributed by atoms with Crippen LogP contribution in [0.15, 0.2) is 78.0 Å². The summed E-state index contributed by atoms with van der Waals surface area (Å²) >= 11 is 1.44. The predicted molar refractivity (Wildman–Crippen MR) is 116 cm³/mol. The number of para-hydroxylation sites is 2. The lowest BCUT2D eigenvalue weighted by molar-refractivity contribution is -0.113. The Labute approximate surface area is 168 Å². The van der Waals surface area contributed by atoms with Gasteiger partial charge in [0.1, 0.15) is 0 Å². The van der Waals surface area contributed by atoms with Gasteiger partial charge in [-0.2, -0.15) is 0 Å². The quantitative estimate of drug-likeness (QED) is 0.468. The summed E-state index contributed by atoms with van der Waals surface area (Å²) in [6.45, 7) is 4.08. The number of imidazole rings is 1. The van der Waals surface area contributed by atoms with Gasteiger partial charge in [-0.15, -0.1) is 0 Å². The van der Waals surface area contributed by atoms with E-state index in [1.165, 1.54) is 17.3 Å². The zero-order valence-electron chi connectivity index (χ0n) is 15.8. The van der Waals surface area contributed by atoms with Crippen molar-refractivity contribution in [2.24, 2.45) is 0 Å². The number of carbonyl (C=O) groups is 1. The van der Waals surface area contributed by atoms with E-state index in [2.05, 4.69) is 47.1 Å². The van der Waals surface area contributed by atoms with Crippen molar-refractivity contribution in [2.75, 3.05) is 11.1 Å². The topological polar surface area (TPSA) is 46.9 Å². The lowest BCUT2D eigenvalue weighted by atomic mass is 10.2. The van der Waals surface area contributed by atoms with Crippen molar-refractivity contribution in [1.82, 2.24) is 9.55 Å². The maximum absolute atomic E-state index is 12.4. The van der Waals surface area contributed by atoms with E-state index in [4.69, 9.17) is 4.98 Å². The maximum Gasteiger partial charge on any atom is 0.234 e. The summed E-state index contributed by atoms with van der Waals surface area (Å²) in [5.74, 6) is 0.251. The van der Waals surface area contributed by atoms with Gasteiger partial charge >= 0.3 is 0 Å². The van der Waals surface area contributed by atoms with E-state index in [9.17, 15) is 4.79 Å². The van der Waals surface area contributed by atoms with Gasteiger partial charge in [0.25, 0.3) is 0 Å². The average molecular weight is 388 g/mol. The first-order valence-corrected chi connectivity index (χ1v) is 10.1. The molecular weight excluding hydrogens is 366 g/mol. The van der Waals surface area contributed by atoms with Gasteiger partial charge < -0.3 is 5.32 Å². The molecule has 0 aliphatic heterocycles. The van der Waals surface area contributed by atoms with Crippen molar-refractivity contribution in [3.63, 3.8) is 0 Å². The largest absolute Gasteiger partial charge is 0.325 e. The summed E-state index contributed by atoms with van der Waals surface area (Å²) in [5.41, 5.74) is 6.14. The molecule has 0 atom stereocenters. The van der Waals surface area contributed by atoms with Gasteiger partial charge in [-0.05, 0) is 55.8 Å². The Morgan fingerprint density at radius 1 is 0.964 bits per heavy atom. The van der Waals surface area contributed by atoms with Crippen LogP contribution in [0.2, 0.25) is 0 Å². The average Bonchev–Trinajstić information content (AvgIpc) is 3.05. The lowest BCUT2D eigenvalue weighted by Crippen LogP contribution is -2.14. The highest BCUT2D eigenvalue weighted by Gasteiger charge is 2.14. The fourth-order valence-electron chi connectivity index (χ4n) is 3.09. The number of aromatic nitrogens is 2. The molecule has 4 aromatic rings. The number of anilines is 1. The van der Waals surface area contributed by atoms with Gasteiger partial charge in [-0.3, -0.25) is 9.36 Å². The van der Waals surface area contributed by atoms with Crippen molar-refractivity contribution in [3.8, 4) is 5.69 Å². The Kier molecular flexibility index (Phi) is 5.17. The van der Waals surface area contributed by atoms with Gasteiger partial charge in [-0.1, -0.05) is 53.7 Å². The zero-order valence-corrected chi connectivity index (χ0v) is 16.7. The number of carbonyl (C=O) groups excluding carboxylic acids is 1. The standard InChI is InChI=1S/C23H21N3OS/c1-16-10-12-19(13-11-16)26-21-9-4-3-8-20(21)25-23(26)28-15-22(27)24-18-7-5-6-17(2)14-18/h3-14H,15H2,1-2H3,(H,24,27). The molecule has 1 amide bonds. The molecule has 3 aromatic carbocycles. The Bertz CT molecular complexity index is 1130. The molecule has 0 fully saturated rings. The molecule has 0 aliphatic carbocycles. The number of amides is 1. The number of benzene rings is 3. The van der Waals surface area contributed by atoms with Crippen LogP contribution in [0.3, 0.4) is 0 Å². The molecule has 1 heterocycles. The van der Waals surface area contributed by atoms with Crippen LogP contribution in [0.1, 0.15) is 11.1 Å². The van der Waals surface area contributed by atoms with Crippen molar-refractivity contribution >= 4 is 34.4 Å². The zero-order chi connectivity index (χ0) is 19.5. The minimum atomic E-state index is -0.0434. The predicted octanol–water partition coefficient (Wildman–Crippen LogP) is 5.37. The van der Waals surface area contributed by atoms with Gasteiger partial charge in [0.15, 0.2) is 5.16 Å². The first kappa shape index (κ1) is 18.3. The third kappa shape index (κ3) is 3.94. The monoisotopic (exact) mass is 387 g/mol. The molecule has 4 nitrogen and oxygen atoms in total. The number of rotatable bonds is 5. The van der Waals surface area contributed by atoms with E-state index in [1.807, 2.05) is 49.4 Å². The molecular formula is C23H21N3OS. The number of hydrogen-bond acceptors (Lipinski definition) is 3. The summed E-state index contributed by atoms with van der Waals surface area (Å²) in [4.78, 5) is 17.2. The maximum atomic E-state index is 12.4. The number of nitrogens with zero attached hydrogens (tertiary/aromatic N) is 2. The molecule has 0 bridgehead atoms. The summed E-state index contributed by atoms with van der Waals surface area (Å²) in [6, 6.07) is 24.2. The molecule has 1 aromatic heterocycles. The number of thioether (sulfide) groups is 1. The van der Waals surface area contributed by atoms with E-state index >= 15 is 0 Å². The molecule has 1 N–H and O–H groups in total. The minimum absolute atomic E-state index is 0.0434. The van der Waals surface area contributed by atoms with Crippen LogP contribution in [-0.2, 0) is 4.79 Å². The second kappa shape index (κ2) is 7.90. The smallest absolute Gasteiger partial charge is 0.234 e.